The maximum atomic E-state index is 11.4. The van der Waals surface area contributed by atoms with E-state index in [1.165, 1.54) is 38.5 Å². The molecule has 0 spiro atoms. The Bertz CT molecular complexity index is 478. The summed E-state index contributed by atoms with van der Waals surface area (Å²) in [4.78, 5) is 0. The van der Waals surface area contributed by atoms with Crippen molar-refractivity contribution in [2.24, 2.45) is 33.7 Å². The number of nitrogens with two attached hydrogens (primary N) is 1. The molecule has 0 amide bonds. The molecule has 4 aliphatic carbocycles. The third-order valence-corrected chi connectivity index (χ3v) is 6.21. The molecule has 0 saturated heterocycles. The summed E-state index contributed by atoms with van der Waals surface area (Å²) in [5, 5.41) is 5.21. The van der Waals surface area contributed by atoms with Crippen molar-refractivity contribution in [2.45, 2.75) is 65.3 Å². The van der Waals surface area contributed by atoms with Crippen molar-refractivity contribution >= 4 is 10.2 Å². The minimum atomic E-state index is -3.57. The highest BCUT2D eigenvalue weighted by Crippen LogP contribution is 2.63. The molecular weight excluding hydrogens is 272 g/mol. The Labute approximate surface area is 123 Å². The lowest BCUT2D eigenvalue weighted by atomic mass is 9.46. The molecule has 20 heavy (non-hydrogen) atoms. The van der Waals surface area contributed by atoms with Crippen molar-refractivity contribution in [1.29, 1.82) is 0 Å². The van der Waals surface area contributed by atoms with Crippen LogP contribution in [-0.2, 0) is 10.2 Å². The van der Waals surface area contributed by atoms with Gasteiger partial charge in [0.05, 0.1) is 0 Å². The zero-order chi connectivity index (χ0) is 14.8. The zero-order valence-corrected chi connectivity index (χ0v) is 13.7. The van der Waals surface area contributed by atoms with Gasteiger partial charge in [-0.3, -0.25) is 0 Å². The summed E-state index contributed by atoms with van der Waals surface area (Å²) in [5.74, 6) is 1.82. The molecule has 4 fully saturated rings. The first-order valence-electron chi connectivity index (χ1n) is 7.85. The lowest BCUT2D eigenvalue weighted by Gasteiger charge is -2.61. The van der Waals surface area contributed by atoms with Crippen molar-refractivity contribution in [2.75, 3.05) is 0 Å². The molecule has 5 heteroatoms. The van der Waals surface area contributed by atoms with E-state index >= 15 is 0 Å². The first-order valence-corrected chi connectivity index (χ1v) is 9.40. The van der Waals surface area contributed by atoms with Gasteiger partial charge in [0.2, 0.25) is 0 Å². The summed E-state index contributed by atoms with van der Waals surface area (Å²) in [6, 6.07) is 0.0923. The average Bonchev–Trinajstić information content (AvgIpc) is 2.17. The van der Waals surface area contributed by atoms with Crippen LogP contribution in [0.4, 0.5) is 0 Å². The molecule has 2 unspecified atom stereocenters. The summed E-state index contributed by atoms with van der Waals surface area (Å²) in [6.07, 6.45) is 7.38. The highest BCUT2D eigenvalue weighted by atomic mass is 32.2. The molecular formula is C15H28N2O2S. The third kappa shape index (κ3) is 2.90. The number of hydrogen-bond acceptors (Lipinski definition) is 2. The van der Waals surface area contributed by atoms with Crippen molar-refractivity contribution in [3.8, 4) is 0 Å². The minimum absolute atomic E-state index is 0.0923. The molecule has 0 aromatic heterocycles. The summed E-state index contributed by atoms with van der Waals surface area (Å²) < 4.78 is 25.5. The van der Waals surface area contributed by atoms with Crippen molar-refractivity contribution < 1.29 is 8.42 Å². The van der Waals surface area contributed by atoms with Gasteiger partial charge in [0, 0.05) is 6.04 Å². The molecule has 4 saturated carbocycles. The van der Waals surface area contributed by atoms with Crippen molar-refractivity contribution in [3.63, 3.8) is 0 Å². The summed E-state index contributed by atoms with van der Waals surface area (Å²) >= 11 is 0. The minimum Gasteiger partial charge on any atom is -0.216 e. The van der Waals surface area contributed by atoms with Gasteiger partial charge in [-0.1, -0.05) is 20.8 Å². The Morgan fingerprint density at radius 3 is 2.15 bits per heavy atom. The summed E-state index contributed by atoms with van der Waals surface area (Å²) in [5.41, 5.74) is 0.819. The normalized spacial score (nSPS) is 44.0. The summed E-state index contributed by atoms with van der Waals surface area (Å²) in [7, 11) is -3.57. The van der Waals surface area contributed by atoms with E-state index in [1.807, 2.05) is 0 Å². The van der Waals surface area contributed by atoms with Crippen LogP contribution in [0.1, 0.15) is 59.3 Å². The van der Waals surface area contributed by atoms with E-state index in [-0.39, 0.29) is 6.04 Å². The van der Waals surface area contributed by atoms with Crippen LogP contribution in [0.2, 0.25) is 0 Å². The van der Waals surface area contributed by atoms with Gasteiger partial charge in [0.25, 0.3) is 10.2 Å². The quantitative estimate of drug-likeness (QED) is 0.840. The fourth-order valence-corrected chi connectivity index (χ4v) is 6.68. The van der Waals surface area contributed by atoms with Crippen LogP contribution in [0.15, 0.2) is 0 Å². The maximum absolute atomic E-state index is 11.4. The molecule has 0 heterocycles. The lowest BCUT2D eigenvalue weighted by molar-refractivity contribution is -0.0881. The van der Waals surface area contributed by atoms with E-state index < -0.39 is 10.2 Å². The molecule has 4 nitrogen and oxygen atoms in total. The first-order chi connectivity index (χ1) is 9.05. The Hall–Kier alpha value is -0.130. The van der Waals surface area contributed by atoms with Crippen LogP contribution in [0.25, 0.3) is 0 Å². The second kappa shape index (κ2) is 4.43. The van der Waals surface area contributed by atoms with Crippen LogP contribution >= 0.6 is 0 Å². The average molecular weight is 300 g/mol. The predicted molar refractivity (Wildman–Crippen MR) is 80.1 cm³/mol. The maximum Gasteiger partial charge on any atom is 0.274 e. The zero-order valence-electron chi connectivity index (χ0n) is 12.9. The smallest absolute Gasteiger partial charge is 0.216 e. The SMILES string of the molecule is CC(C)(C)CC12CC3CC(C1)C(NS(N)(=O)=O)C(C3)C2. The fourth-order valence-electron chi connectivity index (χ4n) is 5.92. The second-order valence-corrected chi connectivity index (χ2v) is 10.2. The van der Waals surface area contributed by atoms with E-state index in [9.17, 15) is 8.42 Å². The van der Waals surface area contributed by atoms with Crippen LogP contribution in [0, 0.1) is 28.6 Å². The van der Waals surface area contributed by atoms with E-state index in [4.69, 9.17) is 5.14 Å². The molecule has 4 aliphatic rings. The van der Waals surface area contributed by atoms with E-state index in [0.717, 1.165) is 5.92 Å². The van der Waals surface area contributed by atoms with E-state index in [2.05, 4.69) is 25.5 Å². The van der Waals surface area contributed by atoms with E-state index in [0.29, 0.717) is 22.7 Å². The molecule has 0 radical (unpaired) electrons. The molecule has 4 bridgehead atoms. The number of rotatable bonds is 3. The molecule has 3 N–H and O–H groups in total. The second-order valence-electron chi connectivity index (χ2n) is 8.90. The Morgan fingerprint density at radius 2 is 1.70 bits per heavy atom. The van der Waals surface area contributed by atoms with Gasteiger partial charge in [0.1, 0.15) is 0 Å². The van der Waals surface area contributed by atoms with Gasteiger partial charge < -0.3 is 0 Å². The standard InChI is InChI=1S/C15H28N2O2S/c1-14(2,3)9-15-6-10-4-11(7-15)13(12(5-10)8-15)17-20(16,18)19/h10-13,17H,4-9H2,1-3H3,(H2,16,18,19). The highest BCUT2D eigenvalue weighted by molar-refractivity contribution is 7.87. The van der Waals surface area contributed by atoms with Crippen LogP contribution < -0.4 is 9.86 Å². The molecule has 2 atom stereocenters. The molecule has 4 rings (SSSR count). The molecule has 0 aromatic carbocycles. The Morgan fingerprint density at radius 1 is 1.15 bits per heavy atom. The van der Waals surface area contributed by atoms with Gasteiger partial charge in [-0.25, -0.2) is 5.14 Å². The largest absolute Gasteiger partial charge is 0.274 e. The van der Waals surface area contributed by atoms with E-state index in [1.54, 1.807) is 0 Å². The third-order valence-electron chi connectivity index (χ3n) is 5.61. The Balaban J connectivity index is 1.81. The summed E-state index contributed by atoms with van der Waals surface area (Å²) in [6.45, 7) is 6.98. The van der Waals surface area contributed by atoms with Gasteiger partial charge in [-0.15, -0.1) is 0 Å². The van der Waals surface area contributed by atoms with Crippen molar-refractivity contribution in [1.82, 2.24) is 4.72 Å². The monoisotopic (exact) mass is 300 g/mol. The number of hydrogen-bond donors (Lipinski definition) is 2. The Kier molecular flexibility index (Phi) is 3.28. The van der Waals surface area contributed by atoms with Crippen molar-refractivity contribution in [3.05, 3.63) is 0 Å². The topological polar surface area (TPSA) is 72.2 Å². The highest BCUT2D eigenvalue weighted by Gasteiger charge is 2.56. The molecule has 0 aliphatic heterocycles. The van der Waals surface area contributed by atoms with Crippen LogP contribution in [-0.4, -0.2) is 14.5 Å². The fraction of sp³-hybridized carbons (Fsp3) is 1.00. The molecule has 0 aromatic rings. The van der Waals surface area contributed by atoms with Crippen LogP contribution in [0.3, 0.4) is 0 Å². The first kappa shape index (κ1) is 14.8. The van der Waals surface area contributed by atoms with Gasteiger partial charge >= 0.3 is 0 Å². The van der Waals surface area contributed by atoms with Gasteiger partial charge in [-0.05, 0) is 67.1 Å². The number of nitrogens with one attached hydrogen (secondary N) is 1. The van der Waals surface area contributed by atoms with Gasteiger partial charge in [-0.2, -0.15) is 13.1 Å². The van der Waals surface area contributed by atoms with Crippen LogP contribution in [0.5, 0.6) is 0 Å². The molecule has 116 valence electrons. The predicted octanol–water partition coefficient (Wildman–Crippen LogP) is 2.41. The lowest BCUT2D eigenvalue weighted by Crippen LogP contribution is -2.60. The van der Waals surface area contributed by atoms with Gasteiger partial charge in [0.15, 0.2) is 0 Å².